The van der Waals surface area contributed by atoms with Crippen LogP contribution in [0.25, 0.3) is 11.0 Å². The van der Waals surface area contributed by atoms with Crippen molar-refractivity contribution in [1.82, 2.24) is 19.4 Å². The number of amides is 2. The van der Waals surface area contributed by atoms with Crippen LogP contribution in [0.2, 0.25) is 0 Å². The van der Waals surface area contributed by atoms with Crippen LogP contribution in [0, 0.1) is 16.2 Å². The molecule has 0 radical (unpaired) electrons. The van der Waals surface area contributed by atoms with Gasteiger partial charge in [0.15, 0.2) is 5.62 Å². The minimum atomic E-state index is -0.908. The average molecular weight is 564 g/mol. The molecule has 1 aliphatic rings. The van der Waals surface area contributed by atoms with Gasteiger partial charge in [0.1, 0.15) is 6.61 Å². The summed E-state index contributed by atoms with van der Waals surface area (Å²) in [5.74, 6) is 0. The number of nitrogens with one attached hydrogen (secondary N) is 2. The van der Waals surface area contributed by atoms with Gasteiger partial charge in [0.25, 0.3) is 0 Å². The Morgan fingerprint density at radius 3 is 2.37 bits per heavy atom. The largest absolute Gasteiger partial charge is 0.465 e. The van der Waals surface area contributed by atoms with Gasteiger partial charge in [-0.2, -0.15) is 0 Å². The van der Waals surface area contributed by atoms with E-state index in [1.54, 1.807) is 9.80 Å². The van der Waals surface area contributed by atoms with Crippen LogP contribution in [0.5, 0.6) is 0 Å². The number of hydrogen-bond donors (Lipinski definition) is 3. The lowest BCUT2D eigenvalue weighted by Crippen LogP contribution is -2.48. The monoisotopic (exact) mass is 563 g/mol. The number of likely N-dealkylation sites (tertiary alicyclic amines) is 1. The summed E-state index contributed by atoms with van der Waals surface area (Å²) in [4.78, 5) is 32.1. The van der Waals surface area contributed by atoms with Crippen molar-refractivity contribution in [3.63, 3.8) is 0 Å². The third-order valence-electron chi connectivity index (χ3n) is 8.50. The summed E-state index contributed by atoms with van der Waals surface area (Å²) < 4.78 is 7.57. The minimum absolute atomic E-state index is 0.0611. The lowest BCUT2D eigenvalue weighted by molar-refractivity contribution is 0.0540. The topological polar surface area (TPSA) is 115 Å². The molecule has 3 atom stereocenters. The Bertz CT molecular complexity index is 1430. The zero-order chi connectivity index (χ0) is 30.1. The smallest absolute Gasteiger partial charge is 0.410 e. The van der Waals surface area contributed by atoms with Gasteiger partial charge in [-0.25, -0.2) is 9.59 Å². The Morgan fingerprint density at radius 1 is 1.07 bits per heavy atom. The summed E-state index contributed by atoms with van der Waals surface area (Å²) in [5, 5.41) is 18.7. The second kappa shape index (κ2) is 11.6. The number of rotatable bonds is 7. The highest BCUT2D eigenvalue weighted by Gasteiger charge is 2.43. The Labute approximate surface area is 242 Å². The summed E-state index contributed by atoms with van der Waals surface area (Å²) in [6.07, 6.45) is 0.288. The number of carbonyl (C=O) groups excluding carboxylic acids is 1. The van der Waals surface area contributed by atoms with E-state index in [0.717, 1.165) is 35.0 Å². The van der Waals surface area contributed by atoms with Crippen LogP contribution in [-0.4, -0.2) is 54.8 Å². The molecule has 0 saturated carbocycles. The van der Waals surface area contributed by atoms with Gasteiger partial charge in [0, 0.05) is 25.2 Å². The molecule has 222 valence electrons. The fraction of sp³-hybridized carbons (Fsp3) is 0.531. The zero-order valence-corrected chi connectivity index (χ0v) is 25.4. The first-order valence-electron chi connectivity index (χ1n) is 14.4. The third-order valence-corrected chi connectivity index (χ3v) is 8.50. The number of aromatic nitrogens is 2. The summed E-state index contributed by atoms with van der Waals surface area (Å²) in [5.41, 5.74) is 3.37. The van der Waals surface area contributed by atoms with E-state index in [1.165, 1.54) is 0 Å². The molecule has 0 spiro atoms. The first kappa shape index (κ1) is 30.2. The number of nitrogens with zero attached hydrogens (tertiary/aromatic N) is 3. The molecule has 1 aliphatic heterocycles. The van der Waals surface area contributed by atoms with Crippen LogP contribution in [0.15, 0.2) is 48.5 Å². The van der Waals surface area contributed by atoms with Gasteiger partial charge in [-0.15, -0.1) is 0 Å². The van der Waals surface area contributed by atoms with Crippen molar-refractivity contribution < 1.29 is 19.4 Å². The van der Waals surface area contributed by atoms with E-state index in [9.17, 15) is 14.7 Å². The molecule has 2 amide bonds. The Morgan fingerprint density at radius 2 is 1.76 bits per heavy atom. The number of benzene rings is 2. The Hall–Kier alpha value is -3.75. The first-order chi connectivity index (χ1) is 19.2. The van der Waals surface area contributed by atoms with E-state index in [-0.39, 0.29) is 47.3 Å². The molecular weight excluding hydrogens is 518 g/mol. The van der Waals surface area contributed by atoms with Gasteiger partial charge in [-0.1, -0.05) is 77.9 Å². The molecule has 2 aromatic carbocycles. The van der Waals surface area contributed by atoms with Crippen molar-refractivity contribution in [1.29, 1.82) is 5.41 Å². The molecule has 3 aromatic rings. The second-order valence-electron chi connectivity index (χ2n) is 13.4. The number of H-pyrrole nitrogens is 1. The number of fused-ring (bicyclic) bond motifs is 1. The molecule has 1 saturated heterocycles. The Balaban J connectivity index is 1.56. The van der Waals surface area contributed by atoms with Gasteiger partial charge in [-0.3, -0.25) is 5.41 Å². The van der Waals surface area contributed by atoms with Crippen LogP contribution in [0.3, 0.4) is 0 Å². The minimum Gasteiger partial charge on any atom is -0.465 e. The zero-order valence-electron chi connectivity index (χ0n) is 25.4. The third kappa shape index (κ3) is 6.77. The van der Waals surface area contributed by atoms with Gasteiger partial charge in [0.2, 0.25) is 0 Å². The lowest BCUT2D eigenvalue weighted by Gasteiger charge is -2.37. The summed E-state index contributed by atoms with van der Waals surface area (Å²) in [7, 11) is 0. The van der Waals surface area contributed by atoms with Crippen LogP contribution in [0.1, 0.15) is 72.4 Å². The van der Waals surface area contributed by atoms with Crippen LogP contribution in [-0.2, 0) is 24.4 Å². The molecule has 0 bridgehead atoms. The molecule has 41 heavy (non-hydrogen) atoms. The van der Waals surface area contributed by atoms with Crippen LogP contribution >= 0.6 is 0 Å². The highest BCUT2D eigenvalue weighted by molar-refractivity contribution is 5.76. The van der Waals surface area contributed by atoms with Gasteiger partial charge in [0.05, 0.1) is 17.1 Å². The number of hydrogen-bond acceptors (Lipinski definition) is 4. The van der Waals surface area contributed by atoms with Crippen molar-refractivity contribution in [2.75, 3.05) is 0 Å². The SMILES string of the molecule is C[C@H](N(Cc1ccc2c(c1)[nH]c(=N)n2CC1CCC(C(C)(C)C)N1C(=O)O)C(=O)OCc1ccccc1)C(C)(C)C. The van der Waals surface area contributed by atoms with Crippen molar-refractivity contribution >= 4 is 23.2 Å². The van der Waals surface area contributed by atoms with Gasteiger partial charge < -0.3 is 29.2 Å². The number of ether oxygens (including phenoxy) is 1. The first-order valence-corrected chi connectivity index (χ1v) is 14.4. The van der Waals surface area contributed by atoms with Crippen molar-refractivity contribution in [2.45, 2.75) is 99.1 Å². The van der Waals surface area contributed by atoms with E-state index in [0.29, 0.717) is 13.1 Å². The maximum atomic E-state index is 13.3. The summed E-state index contributed by atoms with van der Waals surface area (Å²) in [6.45, 7) is 15.6. The predicted octanol–water partition coefficient (Wildman–Crippen LogP) is 6.58. The molecule has 0 aliphatic carbocycles. The summed E-state index contributed by atoms with van der Waals surface area (Å²) in [6, 6.07) is 15.2. The molecular formula is C32H45N5O4. The van der Waals surface area contributed by atoms with Gasteiger partial charge in [-0.05, 0) is 53.9 Å². The van der Waals surface area contributed by atoms with Crippen LogP contribution in [0.4, 0.5) is 9.59 Å². The van der Waals surface area contributed by atoms with E-state index in [4.69, 9.17) is 10.1 Å². The molecule has 1 fully saturated rings. The number of aromatic amines is 1. The average Bonchev–Trinajstić information content (AvgIpc) is 3.46. The molecule has 9 heteroatoms. The van der Waals surface area contributed by atoms with Crippen molar-refractivity contribution in [3.05, 3.63) is 65.3 Å². The molecule has 2 unspecified atom stereocenters. The normalized spacial score (nSPS) is 18.5. The standard InChI is InChI=1S/C32H45N5O4/c1-21(31(2,3)4)35(30(40)41-20-22-11-9-8-10-12-22)18-23-13-15-26-25(17-23)34-28(33)36(26)19-24-14-16-27(32(5,6)7)37(24)29(38)39/h8-13,15,17,21,24,27H,14,16,18-20H2,1-7H3,(H2,33,34)(H,38,39)/t21-,24?,27?/m0/s1. The van der Waals surface area contributed by atoms with Crippen LogP contribution < -0.4 is 5.62 Å². The number of imidazole rings is 1. The number of carbonyl (C=O) groups is 2. The molecule has 9 nitrogen and oxygen atoms in total. The van der Waals surface area contributed by atoms with Gasteiger partial charge >= 0.3 is 12.2 Å². The second-order valence-corrected chi connectivity index (χ2v) is 13.4. The van der Waals surface area contributed by atoms with E-state index < -0.39 is 6.09 Å². The molecule has 4 rings (SSSR count). The summed E-state index contributed by atoms with van der Waals surface area (Å²) >= 11 is 0. The fourth-order valence-electron chi connectivity index (χ4n) is 5.76. The molecule has 2 heterocycles. The van der Waals surface area contributed by atoms with Crippen molar-refractivity contribution in [2.24, 2.45) is 10.8 Å². The lowest BCUT2D eigenvalue weighted by atomic mass is 9.85. The maximum Gasteiger partial charge on any atom is 0.410 e. The van der Waals surface area contributed by atoms with E-state index >= 15 is 0 Å². The maximum absolute atomic E-state index is 13.3. The molecule has 1 aromatic heterocycles. The highest BCUT2D eigenvalue weighted by Crippen LogP contribution is 2.37. The predicted molar refractivity (Wildman–Crippen MR) is 159 cm³/mol. The highest BCUT2D eigenvalue weighted by atomic mass is 16.6. The number of carboxylic acid groups (broad SMARTS) is 1. The fourth-order valence-corrected chi connectivity index (χ4v) is 5.76. The Kier molecular flexibility index (Phi) is 8.57. The quantitative estimate of drug-likeness (QED) is 0.301. The van der Waals surface area contributed by atoms with E-state index in [2.05, 4.69) is 46.5 Å². The van der Waals surface area contributed by atoms with E-state index in [1.807, 2.05) is 60.0 Å². The molecule has 3 N–H and O–H groups in total. The van der Waals surface area contributed by atoms with Crippen molar-refractivity contribution in [3.8, 4) is 0 Å².